The Bertz CT molecular complexity index is 1000. The highest BCUT2D eigenvalue weighted by atomic mass is 32.2. The van der Waals surface area contributed by atoms with Crippen LogP contribution in [-0.2, 0) is 10.0 Å². The minimum Gasteiger partial charge on any atom is -0.496 e. The molecule has 0 radical (unpaired) electrons. The number of carbonyl (C=O) groups is 1. The van der Waals surface area contributed by atoms with Gasteiger partial charge in [0.05, 0.1) is 30.7 Å². The van der Waals surface area contributed by atoms with E-state index in [9.17, 15) is 13.2 Å². The summed E-state index contributed by atoms with van der Waals surface area (Å²) >= 11 is 0. The van der Waals surface area contributed by atoms with Gasteiger partial charge in [-0.2, -0.15) is 0 Å². The van der Waals surface area contributed by atoms with Gasteiger partial charge in [-0.25, -0.2) is 13.6 Å². The van der Waals surface area contributed by atoms with E-state index in [0.29, 0.717) is 6.54 Å². The van der Waals surface area contributed by atoms with Gasteiger partial charge in [0.25, 0.3) is 5.91 Å². The first-order valence-electron chi connectivity index (χ1n) is 9.71. The largest absolute Gasteiger partial charge is 0.496 e. The van der Waals surface area contributed by atoms with Crippen LogP contribution in [0.1, 0.15) is 34.8 Å². The molecule has 1 aliphatic rings. The van der Waals surface area contributed by atoms with Crippen LogP contribution in [0.25, 0.3) is 0 Å². The maximum atomic E-state index is 12.9. The lowest BCUT2D eigenvalue weighted by molar-refractivity contribution is 0.0934. The molecular weight excluding hydrogens is 406 g/mol. The summed E-state index contributed by atoms with van der Waals surface area (Å²) in [5.41, 5.74) is 1.11. The molecule has 1 heterocycles. The number of carbonyl (C=O) groups excluding carboxylic acids is 1. The Labute approximate surface area is 177 Å². The molecule has 0 saturated carbocycles. The zero-order valence-corrected chi connectivity index (χ0v) is 17.9. The highest BCUT2D eigenvalue weighted by molar-refractivity contribution is 7.89. The van der Waals surface area contributed by atoms with E-state index in [1.807, 2.05) is 24.3 Å². The number of nitrogens with one attached hydrogen (secondary N) is 1. The van der Waals surface area contributed by atoms with E-state index in [1.165, 1.54) is 25.3 Å². The number of primary sulfonamides is 1. The van der Waals surface area contributed by atoms with Gasteiger partial charge in [0.1, 0.15) is 11.5 Å². The van der Waals surface area contributed by atoms with Gasteiger partial charge in [0.2, 0.25) is 10.0 Å². The molecule has 3 rings (SSSR count). The SMILES string of the molecule is COc1ccc(S(N)(=O)=O)cc1C(=O)NC[C@H](c1ccccc1OC)N1CCCC1. The maximum absolute atomic E-state index is 12.9. The van der Waals surface area contributed by atoms with Crippen LogP contribution >= 0.6 is 0 Å². The Morgan fingerprint density at radius 3 is 2.40 bits per heavy atom. The van der Waals surface area contributed by atoms with Crippen LogP contribution in [0.3, 0.4) is 0 Å². The van der Waals surface area contributed by atoms with E-state index < -0.39 is 15.9 Å². The van der Waals surface area contributed by atoms with Crippen molar-refractivity contribution >= 4 is 15.9 Å². The Kier molecular flexibility index (Phi) is 6.96. The van der Waals surface area contributed by atoms with E-state index in [1.54, 1.807) is 7.11 Å². The maximum Gasteiger partial charge on any atom is 0.255 e. The van der Waals surface area contributed by atoms with Gasteiger partial charge in [-0.05, 0) is 50.2 Å². The van der Waals surface area contributed by atoms with Gasteiger partial charge in [-0.1, -0.05) is 18.2 Å². The lowest BCUT2D eigenvalue weighted by atomic mass is 10.0. The quantitative estimate of drug-likeness (QED) is 0.658. The fourth-order valence-corrected chi connectivity index (χ4v) is 4.30. The standard InChI is InChI=1S/C21H27N3O5S/c1-28-19-8-4-3-7-16(19)18(24-11-5-6-12-24)14-23-21(25)17-13-15(30(22,26)27)9-10-20(17)29-2/h3-4,7-10,13,18H,5-6,11-12,14H2,1-2H3,(H,23,25)(H2,22,26,27)/t18-/m1/s1. The number of benzene rings is 2. The number of methoxy groups -OCH3 is 2. The van der Waals surface area contributed by atoms with Crippen LogP contribution in [-0.4, -0.2) is 53.1 Å². The van der Waals surface area contributed by atoms with E-state index in [0.717, 1.165) is 37.2 Å². The van der Waals surface area contributed by atoms with Gasteiger partial charge in [0, 0.05) is 12.1 Å². The van der Waals surface area contributed by atoms with Crippen molar-refractivity contribution in [3.8, 4) is 11.5 Å². The number of hydrogen-bond donors (Lipinski definition) is 2. The topological polar surface area (TPSA) is 111 Å². The Morgan fingerprint density at radius 1 is 1.10 bits per heavy atom. The molecule has 2 aromatic rings. The second-order valence-electron chi connectivity index (χ2n) is 7.12. The van der Waals surface area contributed by atoms with Crippen molar-refractivity contribution in [2.75, 3.05) is 33.9 Å². The number of ether oxygens (including phenoxy) is 2. The molecule has 0 bridgehead atoms. The van der Waals surface area contributed by atoms with Crippen LogP contribution in [0.4, 0.5) is 0 Å². The van der Waals surface area contributed by atoms with Gasteiger partial charge in [0.15, 0.2) is 0 Å². The average Bonchev–Trinajstić information content (AvgIpc) is 3.27. The first-order valence-corrected chi connectivity index (χ1v) is 11.3. The van der Waals surface area contributed by atoms with Gasteiger partial charge >= 0.3 is 0 Å². The molecule has 0 aromatic heterocycles. The molecule has 3 N–H and O–H groups in total. The highest BCUT2D eigenvalue weighted by Gasteiger charge is 2.27. The Balaban J connectivity index is 1.86. The average molecular weight is 434 g/mol. The zero-order valence-electron chi connectivity index (χ0n) is 17.1. The molecule has 162 valence electrons. The summed E-state index contributed by atoms with van der Waals surface area (Å²) < 4.78 is 34.1. The smallest absolute Gasteiger partial charge is 0.255 e. The summed E-state index contributed by atoms with van der Waals surface area (Å²) in [5.74, 6) is 0.601. The number of nitrogens with two attached hydrogens (primary N) is 1. The van der Waals surface area contributed by atoms with Crippen LogP contribution in [0.2, 0.25) is 0 Å². The van der Waals surface area contributed by atoms with Crippen LogP contribution in [0.15, 0.2) is 47.4 Å². The summed E-state index contributed by atoms with van der Waals surface area (Å²) in [5, 5.41) is 8.14. The first kappa shape index (κ1) is 22.1. The molecule has 9 heteroatoms. The fraction of sp³-hybridized carbons (Fsp3) is 0.381. The summed E-state index contributed by atoms with van der Waals surface area (Å²) in [7, 11) is -0.892. The van der Waals surface area contributed by atoms with E-state index in [2.05, 4.69) is 10.2 Å². The molecule has 1 aliphatic heterocycles. The van der Waals surface area contributed by atoms with Gasteiger partial charge < -0.3 is 14.8 Å². The van der Waals surface area contributed by atoms with Gasteiger partial charge in [-0.3, -0.25) is 9.69 Å². The van der Waals surface area contributed by atoms with E-state index in [-0.39, 0.29) is 22.3 Å². The van der Waals surface area contributed by atoms with E-state index >= 15 is 0 Å². The number of rotatable bonds is 8. The second-order valence-corrected chi connectivity index (χ2v) is 8.68. The number of para-hydroxylation sites is 1. The molecule has 8 nitrogen and oxygen atoms in total. The number of likely N-dealkylation sites (tertiary alicyclic amines) is 1. The number of sulfonamides is 1. The highest BCUT2D eigenvalue weighted by Crippen LogP contribution is 2.31. The lowest BCUT2D eigenvalue weighted by Crippen LogP contribution is -2.37. The molecule has 30 heavy (non-hydrogen) atoms. The van der Waals surface area contributed by atoms with Crippen molar-refractivity contribution in [1.82, 2.24) is 10.2 Å². The summed E-state index contributed by atoms with van der Waals surface area (Å²) in [4.78, 5) is 15.1. The first-order chi connectivity index (χ1) is 14.3. The Morgan fingerprint density at radius 2 is 1.77 bits per heavy atom. The molecule has 1 amide bonds. The number of amides is 1. The monoisotopic (exact) mass is 433 g/mol. The lowest BCUT2D eigenvalue weighted by Gasteiger charge is -2.29. The number of hydrogen-bond acceptors (Lipinski definition) is 6. The van der Waals surface area contributed by atoms with Crippen molar-refractivity contribution in [1.29, 1.82) is 0 Å². The van der Waals surface area contributed by atoms with Crippen LogP contribution < -0.4 is 19.9 Å². The Hall–Kier alpha value is -2.62. The second kappa shape index (κ2) is 9.46. The summed E-state index contributed by atoms with van der Waals surface area (Å²) in [6.45, 7) is 2.20. The van der Waals surface area contributed by atoms with Crippen molar-refractivity contribution < 1.29 is 22.7 Å². The molecule has 2 aromatic carbocycles. The van der Waals surface area contributed by atoms with Crippen LogP contribution in [0.5, 0.6) is 11.5 Å². The van der Waals surface area contributed by atoms with Crippen molar-refractivity contribution in [2.45, 2.75) is 23.8 Å². The van der Waals surface area contributed by atoms with Crippen molar-refractivity contribution in [3.63, 3.8) is 0 Å². The molecule has 0 spiro atoms. The molecular formula is C21H27N3O5S. The zero-order chi connectivity index (χ0) is 21.7. The fourth-order valence-electron chi connectivity index (χ4n) is 3.76. The summed E-state index contributed by atoms with van der Waals surface area (Å²) in [6.07, 6.45) is 2.20. The minimum absolute atomic E-state index is 0.0694. The molecule has 1 fully saturated rings. The predicted molar refractivity (Wildman–Crippen MR) is 113 cm³/mol. The van der Waals surface area contributed by atoms with Gasteiger partial charge in [-0.15, -0.1) is 0 Å². The molecule has 1 saturated heterocycles. The van der Waals surface area contributed by atoms with Crippen molar-refractivity contribution in [3.05, 3.63) is 53.6 Å². The third-order valence-electron chi connectivity index (χ3n) is 5.28. The minimum atomic E-state index is -3.94. The third-order valence-corrected chi connectivity index (χ3v) is 6.19. The summed E-state index contributed by atoms with van der Waals surface area (Å²) in [6, 6.07) is 11.7. The van der Waals surface area contributed by atoms with Crippen molar-refractivity contribution in [2.24, 2.45) is 5.14 Å². The third kappa shape index (κ3) is 4.92. The molecule has 0 unspecified atom stereocenters. The van der Waals surface area contributed by atoms with Crippen LogP contribution in [0, 0.1) is 0 Å². The molecule has 1 atom stereocenters. The van der Waals surface area contributed by atoms with E-state index in [4.69, 9.17) is 14.6 Å². The number of nitrogens with zero attached hydrogens (tertiary/aromatic N) is 1. The molecule has 0 aliphatic carbocycles. The predicted octanol–water partition coefficient (Wildman–Crippen LogP) is 1.92. The normalized spacial score (nSPS) is 15.6.